The van der Waals surface area contributed by atoms with Crippen molar-refractivity contribution in [2.75, 3.05) is 23.7 Å². The molecule has 0 unspecified atom stereocenters. The quantitative estimate of drug-likeness (QED) is 0.752. The molecule has 2 nitrogen and oxygen atoms in total. The topological polar surface area (TPSA) is 24.1 Å². The average Bonchev–Trinajstić information content (AvgIpc) is 2.27. The number of rotatable bonds is 0. The van der Waals surface area contributed by atoms with Gasteiger partial charge in [-0.3, -0.25) is 0 Å². The van der Waals surface area contributed by atoms with Gasteiger partial charge in [0.1, 0.15) is 0 Å². The van der Waals surface area contributed by atoms with Gasteiger partial charge in [-0.05, 0) is 28.1 Å². The summed E-state index contributed by atoms with van der Waals surface area (Å²) < 4.78 is 26.8. The Kier molecular flexibility index (Phi) is 2.34. The van der Waals surface area contributed by atoms with Crippen molar-refractivity contribution in [2.45, 2.75) is 5.92 Å². The second kappa shape index (κ2) is 3.38. The van der Waals surface area contributed by atoms with Crippen LogP contribution in [0.3, 0.4) is 0 Å². The Balaban J connectivity index is 2.34. The van der Waals surface area contributed by atoms with Crippen LogP contribution in [0.25, 0.3) is 0 Å². The average molecular weight is 263 g/mol. The van der Waals surface area contributed by atoms with Crippen molar-refractivity contribution in [3.63, 3.8) is 0 Å². The number of hydrogen-bond acceptors (Lipinski definition) is 2. The SMILES string of the molecule is FC1(F)CNc2cccc(Br)c2NC1. The smallest absolute Gasteiger partial charge is 0.281 e. The van der Waals surface area contributed by atoms with E-state index in [1.165, 1.54) is 0 Å². The molecule has 0 saturated carbocycles. The number of fused-ring (bicyclic) bond motifs is 1. The van der Waals surface area contributed by atoms with Gasteiger partial charge in [0.15, 0.2) is 0 Å². The van der Waals surface area contributed by atoms with Gasteiger partial charge in [0.05, 0.1) is 24.5 Å². The van der Waals surface area contributed by atoms with Gasteiger partial charge in [0.25, 0.3) is 5.92 Å². The second-order valence-corrected chi connectivity index (χ2v) is 4.08. The standard InChI is InChI=1S/C9H9BrF2N2/c10-6-2-1-3-7-8(6)14-5-9(11,12)4-13-7/h1-3,13-14H,4-5H2. The number of halogens is 3. The maximum absolute atomic E-state index is 13.0. The van der Waals surface area contributed by atoms with Crippen LogP contribution >= 0.6 is 15.9 Å². The third-order valence-electron chi connectivity index (χ3n) is 2.07. The minimum atomic E-state index is -2.71. The molecular weight excluding hydrogens is 254 g/mol. The molecule has 1 aliphatic rings. The first-order valence-corrected chi connectivity index (χ1v) is 5.02. The van der Waals surface area contributed by atoms with Gasteiger partial charge in [0.2, 0.25) is 0 Å². The third kappa shape index (κ3) is 1.82. The van der Waals surface area contributed by atoms with Crippen LogP contribution in [0.5, 0.6) is 0 Å². The molecule has 1 heterocycles. The number of hydrogen-bond donors (Lipinski definition) is 2. The van der Waals surface area contributed by atoms with E-state index in [2.05, 4.69) is 26.6 Å². The van der Waals surface area contributed by atoms with Gasteiger partial charge >= 0.3 is 0 Å². The zero-order chi connectivity index (χ0) is 10.2. The van der Waals surface area contributed by atoms with E-state index in [0.717, 1.165) is 4.47 Å². The molecule has 2 N–H and O–H groups in total. The predicted octanol–water partition coefficient (Wildman–Crippen LogP) is 2.92. The maximum Gasteiger partial charge on any atom is 0.281 e. The Morgan fingerprint density at radius 1 is 1.21 bits per heavy atom. The molecule has 1 aliphatic heterocycles. The van der Waals surface area contributed by atoms with E-state index >= 15 is 0 Å². The van der Waals surface area contributed by atoms with E-state index in [9.17, 15) is 8.78 Å². The lowest BCUT2D eigenvalue weighted by atomic mass is 10.2. The Labute approximate surface area is 88.8 Å². The van der Waals surface area contributed by atoms with Crippen LogP contribution in [0.15, 0.2) is 22.7 Å². The Morgan fingerprint density at radius 2 is 1.93 bits per heavy atom. The van der Waals surface area contributed by atoms with Crippen molar-refractivity contribution in [3.8, 4) is 0 Å². The van der Waals surface area contributed by atoms with E-state index in [1.54, 1.807) is 12.1 Å². The molecule has 0 spiro atoms. The summed E-state index contributed by atoms with van der Waals surface area (Å²) in [4.78, 5) is 0. The van der Waals surface area contributed by atoms with Crippen LogP contribution in [0.1, 0.15) is 0 Å². The van der Waals surface area contributed by atoms with Gasteiger partial charge in [-0.1, -0.05) is 6.07 Å². The lowest BCUT2D eigenvalue weighted by Gasteiger charge is -2.12. The van der Waals surface area contributed by atoms with Crippen molar-refractivity contribution in [3.05, 3.63) is 22.7 Å². The number of nitrogens with one attached hydrogen (secondary N) is 2. The second-order valence-electron chi connectivity index (χ2n) is 3.23. The van der Waals surface area contributed by atoms with Crippen molar-refractivity contribution in [1.82, 2.24) is 0 Å². The fourth-order valence-corrected chi connectivity index (χ4v) is 1.86. The molecule has 0 amide bonds. The van der Waals surface area contributed by atoms with Crippen LogP contribution in [0.4, 0.5) is 20.2 Å². The van der Waals surface area contributed by atoms with Crippen molar-refractivity contribution >= 4 is 27.3 Å². The third-order valence-corrected chi connectivity index (χ3v) is 2.74. The van der Waals surface area contributed by atoms with Crippen molar-refractivity contribution in [2.24, 2.45) is 0 Å². The van der Waals surface area contributed by atoms with E-state index < -0.39 is 5.92 Å². The lowest BCUT2D eigenvalue weighted by molar-refractivity contribution is 0.0309. The minimum absolute atomic E-state index is 0.330. The summed E-state index contributed by atoms with van der Waals surface area (Å²) in [5.41, 5.74) is 1.40. The van der Waals surface area contributed by atoms with Crippen LogP contribution in [0.2, 0.25) is 0 Å². The number of para-hydroxylation sites is 1. The zero-order valence-corrected chi connectivity index (χ0v) is 8.87. The maximum atomic E-state index is 13.0. The molecule has 0 radical (unpaired) electrons. The first kappa shape index (κ1) is 9.71. The van der Waals surface area contributed by atoms with E-state index in [1.807, 2.05) is 6.07 Å². The lowest BCUT2D eigenvalue weighted by Crippen LogP contribution is -2.32. The largest absolute Gasteiger partial charge is 0.377 e. The van der Waals surface area contributed by atoms with Gasteiger partial charge in [-0.15, -0.1) is 0 Å². The molecule has 5 heteroatoms. The first-order chi connectivity index (χ1) is 6.58. The molecule has 1 aromatic carbocycles. The van der Waals surface area contributed by atoms with Gasteiger partial charge in [0, 0.05) is 4.47 Å². The molecule has 2 rings (SSSR count). The van der Waals surface area contributed by atoms with Crippen LogP contribution in [0, 0.1) is 0 Å². The predicted molar refractivity (Wildman–Crippen MR) is 56.1 cm³/mol. The molecular formula is C9H9BrF2N2. The Bertz CT molecular complexity index is 355. The molecule has 0 bridgehead atoms. The van der Waals surface area contributed by atoms with Gasteiger partial charge < -0.3 is 10.6 Å². The van der Waals surface area contributed by atoms with Gasteiger partial charge in [-0.2, -0.15) is 0 Å². The summed E-state index contributed by atoms with van der Waals surface area (Å²) in [5, 5.41) is 5.44. The van der Waals surface area contributed by atoms with Crippen molar-refractivity contribution in [1.29, 1.82) is 0 Å². The molecule has 0 aliphatic carbocycles. The molecule has 14 heavy (non-hydrogen) atoms. The summed E-state index contributed by atoms with van der Waals surface area (Å²) in [7, 11) is 0. The zero-order valence-electron chi connectivity index (χ0n) is 7.28. The highest BCUT2D eigenvalue weighted by atomic mass is 79.9. The summed E-state index contributed by atoms with van der Waals surface area (Å²) >= 11 is 3.31. The summed E-state index contributed by atoms with van der Waals surface area (Å²) in [6, 6.07) is 5.40. The molecule has 76 valence electrons. The monoisotopic (exact) mass is 262 g/mol. The highest BCUT2D eigenvalue weighted by Gasteiger charge is 2.31. The number of anilines is 2. The van der Waals surface area contributed by atoms with E-state index in [0.29, 0.717) is 11.4 Å². The molecule has 0 saturated heterocycles. The highest BCUT2D eigenvalue weighted by molar-refractivity contribution is 9.10. The minimum Gasteiger partial charge on any atom is -0.377 e. The summed E-state index contributed by atoms with van der Waals surface area (Å²) in [6.07, 6.45) is 0. The Morgan fingerprint density at radius 3 is 2.71 bits per heavy atom. The molecule has 0 atom stereocenters. The number of benzene rings is 1. The highest BCUT2D eigenvalue weighted by Crippen LogP contribution is 2.33. The molecule has 0 fully saturated rings. The normalized spacial score (nSPS) is 18.8. The van der Waals surface area contributed by atoms with E-state index in [-0.39, 0.29) is 13.1 Å². The van der Waals surface area contributed by atoms with Crippen molar-refractivity contribution < 1.29 is 8.78 Å². The number of alkyl halides is 2. The summed E-state index contributed by atoms with van der Waals surface area (Å²) in [6.45, 7) is -0.668. The van der Waals surface area contributed by atoms with Gasteiger partial charge in [-0.25, -0.2) is 8.78 Å². The van der Waals surface area contributed by atoms with Crippen LogP contribution in [-0.2, 0) is 0 Å². The van der Waals surface area contributed by atoms with Crippen LogP contribution < -0.4 is 10.6 Å². The first-order valence-electron chi connectivity index (χ1n) is 4.23. The van der Waals surface area contributed by atoms with E-state index in [4.69, 9.17) is 0 Å². The Hall–Kier alpha value is -0.840. The fraction of sp³-hybridized carbons (Fsp3) is 0.333. The fourth-order valence-electron chi connectivity index (χ4n) is 1.36. The molecule has 1 aromatic rings. The molecule has 0 aromatic heterocycles. The summed E-state index contributed by atoms with van der Waals surface area (Å²) in [5.74, 6) is -2.71. The van der Waals surface area contributed by atoms with Crippen LogP contribution in [-0.4, -0.2) is 19.0 Å².